The number of nitrogens with zero attached hydrogens (tertiary/aromatic N) is 1. The first kappa shape index (κ1) is 23.9. The monoisotopic (exact) mass is 485 g/mol. The van der Waals surface area contributed by atoms with Gasteiger partial charge in [0.25, 0.3) is 11.8 Å². The van der Waals surface area contributed by atoms with Crippen molar-refractivity contribution in [3.8, 4) is 0 Å². The molecular weight excluding hydrogens is 467 g/mol. The molecule has 2 aromatic rings. The molecule has 0 spiro atoms. The molecule has 1 atom stereocenters. The van der Waals surface area contributed by atoms with Gasteiger partial charge in [-0.2, -0.15) is 8.78 Å². The van der Waals surface area contributed by atoms with Crippen LogP contribution in [0.3, 0.4) is 0 Å². The van der Waals surface area contributed by atoms with Crippen LogP contribution in [0.2, 0.25) is 5.02 Å². The molecule has 2 aliphatic rings. The van der Waals surface area contributed by atoms with Crippen LogP contribution in [-0.4, -0.2) is 41.8 Å². The van der Waals surface area contributed by atoms with Gasteiger partial charge in [0.2, 0.25) is 11.8 Å². The second kappa shape index (κ2) is 8.50. The minimum atomic E-state index is -3.80. The Labute approximate surface area is 200 Å². The molecule has 2 radical (unpaired) electrons. The largest absolute Gasteiger partial charge is 0.350 e. The highest BCUT2D eigenvalue weighted by Crippen LogP contribution is 2.35. The Morgan fingerprint density at radius 1 is 1.26 bits per heavy atom. The van der Waals surface area contributed by atoms with Crippen LogP contribution in [0.4, 0.5) is 8.78 Å². The Kier molecular flexibility index (Phi) is 5.97. The summed E-state index contributed by atoms with van der Waals surface area (Å²) in [6.45, 7) is 1.21. The molecule has 0 saturated carbocycles. The number of hydrogen-bond donors (Lipinski definition) is 2. The SMILES string of the molecule is [B][C@@]1(N2Cc3cc(CNC(=O)C(F)(F)c4cccc(Cl)c4C)ccc3C2=O)CCC(=O)NC1=O. The number of carbonyl (C=O) groups is 4. The van der Waals surface area contributed by atoms with Crippen LogP contribution in [0, 0.1) is 6.92 Å². The van der Waals surface area contributed by atoms with Gasteiger partial charge >= 0.3 is 5.92 Å². The van der Waals surface area contributed by atoms with E-state index < -0.39 is 40.6 Å². The van der Waals surface area contributed by atoms with Gasteiger partial charge in [-0.15, -0.1) is 0 Å². The fourth-order valence-electron chi connectivity index (χ4n) is 4.14. The van der Waals surface area contributed by atoms with E-state index in [0.717, 1.165) is 6.07 Å². The predicted octanol–water partition coefficient (Wildman–Crippen LogP) is 2.31. The van der Waals surface area contributed by atoms with Gasteiger partial charge < -0.3 is 10.2 Å². The van der Waals surface area contributed by atoms with Crippen molar-refractivity contribution in [1.82, 2.24) is 15.5 Å². The third-order valence-electron chi connectivity index (χ3n) is 6.18. The van der Waals surface area contributed by atoms with E-state index in [-0.39, 0.29) is 36.5 Å². The minimum absolute atomic E-state index is 0.0000406. The summed E-state index contributed by atoms with van der Waals surface area (Å²) in [6.07, 6.45) is -0.0156. The Bertz CT molecular complexity index is 1240. The second-order valence-electron chi connectivity index (χ2n) is 8.35. The molecule has 2 aliphatic heterocycles. The Balaban J connectivity index is 1.48. The highest BCUT2D eigenvalue weighted by atomic mass is 35.5. The molecule has 1 saturated heterocycles. The maximum Gasteiger partial charge on any atom is 0.350 e. The smallest absolute Gasteiger partial charge is 0.346 e. The van der Waals surface area contributed by atoms with E-state index in [9.17, 15) is 28.0 Å². The molecule has 2 N–H and O–H groups in total. The first-order chi connectivity index (χ1) is 15.9. The van der Waals surface area contributed by atoms with E-state index >= 15 is 0 Å². The number of carbonyl (C=O) groups excluding carboxylic acids is 4. The molecule has 0 aliphatic carbocycles. The number of halogens is 3. The van der Waals surface area contributed by atoms with Crippen molar-refractivity contribution in [3.63, 3.8) is 0 Å². The zero-order valence-electron chi connectivity index (χ0n) is 18.1. The maximum atomic E-state index is 14.7. The van der Waals surface area contributed by atoms with Crippen LogP contribution < -0.4 is 10.6 Å². The van der Waals surface area contributed by atoms with E-state index in [2.05, 4.69) is 10.6 Å². The van der Waals surface area contributed by atoms with Crippen LogP contribution in [0.15, 0.2) is 36.4 Å². The summed E-state index contributed by atoms with van der Waals surface area (Å²) in [7, 11) is 6.19. The van der Waals surface area contributed by atoms with Gasteiger partial charge in [-0.05, 0) is 42.2 Å². The van der Waals surface area contributed by atoms with Gasteiger partial charge in [0, 0.05) is 35.7 Å². The summed E-state index contributed by atoms with van der Waals surface area (Å²) in [4.78, 5) is 50.1. The highest BCUT2D eigenvalue weighted by Gasteiger charge is 2.48. The maximum absolute atomic E-state index is 14.7. The highest BCUT2D eigenvalue weighted by molar-refractivity contribution is 6.32. The number of benzene rings is 2. The van der Waals surface area contributed by atoms with Crippen molar-refractivity contribution in [2.45, 2.75) is 44.2 Å². The topological polar surface area (TPSA) is 95.6 Å². The first-order valence-electron chi connectivity index (χ1n) is 10.4. The van der Waals surface area contributed by atoms with Crippen molar-refractivity contribution in [1.29, 1.82) is 0 Å². The van der Waals surface area contributed by atoms with Crippen LogP contribution >= 0.6 is 11.6 Å². The van der Waals surface area contributed by atoms with Crippen LogP contribution in [-0.2, 0) is 33.4 Å². The molecule has 0 bridgehead atoms. The molecule has 7 nitrogen and oxygen atoms in total. The Morgan fingerprint density at radius 2 is 2.00 bits per heavy atom. The molecule has 11 heteroatoms. The number of amides is 4. The molecule has 4 amide bonds. The van der Waals surface area contributed by atoms with Crippen LogP contribution in [0.5, 0.6) is 0 Å². The lowest BCUT2D eigenvalue weighted by Gasteiger charge is -2.40. The van der Waals surface area contributed by atoms with Gasteiger partial charge in [0.1, 0.15) is 7.85 Å². The predicted molar refractivity (Wildman–Crippen MR) is 119 cm³/mol. The van der Waals surface area contributed by atoms with Gasteiger partial charge in [-0.3, -0.25) is 24.5 Å². The summed E-state index contributed by atoms with van der Waals surface area (Å²) in [5, 5.41) is 4.50. The summed E-state index contributed by atoms with van der Waals surface area (Å²) in [5.74, 6) is -6.97. The van der Waals surface area contributed by atoms with E-state index in [1.807, 2.05) is 0 Å². The van der Waals surface area contributed by atoms with E-state index in [1.54, 1.807) is 6.07 Å². The second-order valence-corrected chi connectivity index (χ2v) is 8.76. The number of imide groups is 1. The quantitative estimate of drug-likeness (QED) is 0.502. The van der Waals surface area contributed by atoms with Crippen molar-refractivity contribution < 1.29 is 28.0 Å². The number of alkyl halides is 2. The zero-order valence-corrected chi connectivity index (χ0v) is 18.8. The lowest BCUT2D eigenvalue weighted by Crippen LogP contribution is -2.63. The Morgan fingerprint density at radius 3 is 2.71 bits per heavy atom. The van der Waals surface area contributed by atoms with Crippen LogP contribution in [0.1, 0.15) is 45.5 Å². The molecule has 2 aromatic carbocycles. The van der Waals surface area contributed by atoms with Gasteiger partial charge in [0.15, 0.2) is 0 Å². The fraction of sp³-hybridized carbons (Fsp3) is 0.304. The minimum Gasteiger partial charge on any atom is -0.346 e. The Hall–Kier alpha value is -3.27. The normalized spacial score (nSPS) is 20.2. The first-order valence-corrected chi connectivity index (χ1v) is 10.8. The van der Waals surface area contributed by atoms with Crippen molar-refractivity contribution in [2.75, 3.05) is 0 Å². The molecule has 174 valence electrons. The van der Waals surface area contributed by atoms with Gasteiger partial charge in [-0.1, -0.05) is 35.9 Å². The summed E-state index contributed by atoms with van der Waals surface area (Å²) < 4.78 is 29.5. The van der Waals surface area contributed by atoms with E-state index in [4.69, 9.17) is 19.4 Å². The summed E-state index contributed by atoms with van der Waals surface area (Å²) in [6, 6.07) is 8.57. The molecule has 34 heavy (non-hydrogen) atoms. The lowest BCUT2D eigenvalue weighted by molar-refractivity contribution is -0.147. The summed E-state index contributed by atoms with van der Waals surface area (Å²) in [5.41, 5.74) is -0.715. The molecular formula is C23H19BClF2N3O4. The van der Waals surface area contributed by atoms with Crippen LogP contribution in [0.25, 0.3) is 0 Å². The number of rotatable bonds is 5. The van der Waals surface area contributed by atoms with Crippen molar-refractivity contribution in [2.24, 2.45) is 0 Å². The summed E-state index contributed by atoms with van der Waals surface area (Å²) >= 11 is 5.91. The average Bonchev–Trinajstić information content (AvgIpc) is 3.13. The number of fused-ring (bicyclic) bond motifs is 1. The van der Waals surface area contributed by atoms with Crippen molar-refractivity contribution >= 4 is 43.1 Å². The van der Waals surface area contributed by atoms with Gasteiger partial charge in [0.05, 0.1) is 5.44 Å². The number of hydrogen-bond acceptors (Lipinski definition) is 4. The third kappa shape index (κ3) is 3.96. The average molecular weight is 486 g/mol. The zero-order chi connectivity index (χ0) is 24.8. The lowest BCUT2D eigenvalue weighted by atomic mass is 9.70. The molecule has 1 fully saturated rings. The number of nitrogens with one attached hydrogen (secondary N) is 2. The van der Waals surface area contributed by atoms with Crippen molar-refractivity contribution in [3.05, 3.63) is 69.2 Å². The molecule has 0 aromatic heterocycles. The number of piperidine rings is 1. The molecule has 0 unspecified atom stereocenters. The van der Waals surface area contributed by atoms with Gasteiger partial charge in [-0.25, -0.2) is 0 Å². The molecule has 4 rings (SSSR count). The third-order valence-corrected chi connectivity index (χ3v) is 6.59. The van der Waals surface area contributed by atoms with E-state index in [1.165, 1.54) is 36.1 Å². The standard InChI is InChI=1S/C23H19BClF2N3O4/c1-12-16(3-2-4-17(12)25)23(26,27)21(34)28-10-13-5-6-15-14(9-13)11-30(19(15)32)22(24)8-7-18(31)29-20(22)33/h2-6,9H,7-8,10-11H2,1H3,(H,28,34)(H,29,31,33)/t22-/m1/s1. The fourth-order valence-corrected chi connectivity index (χ4v) is 4.32. The molecule has 2 heterocycles. The van der Waals surface area contributed by atoms with E-state index in [0.29, 0.717) is 16.7 Å².